The fourth-order valence-electron chi connectivity index (χ4n) is 3.26. The van der Waals surface area contributed by atoms with Crippen molar-refractivity contribution in [2.45, 2.75) is 21.6 Å². The van der Waals surface area contributed by atoms with E-state index in [1.165, 1.54) is 12.1 Å². The van der Waals surface area contributed by atoms with Crippen LogP contribution in [-0.2, 0) is 9.84 Å². The Morgan fingerprint density at radius 3 is 2.54 bits per heavy atom. The van der Waals surface area contributed by atoms with Gasteiger partial charge in [0.2, 0.25) is 6.79 Å². The first kappa shape index (κ1) is 15.0. The van der Waals surface area contributed by atoms with Crippen molar-refractivity contribution < 1.29 is 17.9 Å². The molecule has 0 saturated heterocycles. The first-order valence-corrected chi connectivity index (χ1v) is 8.92. The van der Waals surface area contributed by atoms with Gasteiger partial charge in [-0.1, -0.05) is 24.3 Å². The SMILES string of the molecule is N#C[C@]1(N)[C@H](c2ccc3c(c2)OCO3)[C@@H]1S(=O)(=O)c1ccccc1. The van der Waals surface area contributed by atoms with Gasteiger partial charge in [-0.15, -0.1) is 0 Å². The van der Waals surface area contributed by atoms with E-state index in [1.807, 2.05) is 6.07 Å². The van der Waals surface area contributed by atoms with E-state index in [9.17, 15) is 13.7 Å². The second kappa shape index (κ2) is 4.97. The average Bonchev–Trinajstić information content (AvgIpc) is 3.00. The smallest absolute Gasteiger partial charge is 0.231 e. The third-order valence-electron chi connectivity index (χ3n) is 4.53. The van der Waals surface area contributed by atoms with Crippen molar-refractivity contribution in [1.29, 1.82) is 5.26 Å². The Labute approximate surface area is 139 Å². The minimum Gasteiger partial charge on any atom is -0.454 e. The van der Waals surface area contributed by atoms with Gasteiger partial charge >= 0.3 is 0 Å². The van der Waals surface area contributed by atoms with Gasteiger partial charge in [0.15, 0.2) is 21.3 Å². The summed E-state index contributed by atoms with van der Waals surface area (Å²) < 4.78 is 36.4. The zero-order valence-electron chi connectivity index (χ0n) is 12.5. The summed E-state index contributed by atoms with van der Waals surface area (Å²) in [5.41, 5.74) is 5.33. The quantitative estimate of drug-likeness (QED) is 0.908. The lowest BCUT2D eigenvalue weighted by atomic mass is 10.1. The molecule has 2 N–H and O–H groups in total. The van der Waals surface area contributed by atoms with Gasteiger partial charge in [-0.3, -0.25) is 0 Å². The van der Waals surface area contributed by atoms with Crippen LogP contribution >= 0.6 is 0 Å². The highest BCUT2D eigenvalue weighted by molar-refractivity contribution is 7.92. The van der Waals surface area contributed by atoms with E-state index in [4.69, 9.17) is 15.2 Å². The van der Waals surface area contributed by atoms with Crippen molar-refractivity contribution in [3.05, 3.63) is 54.1 Å². The van der Waals surface area contributed by atoms with Crippen LogP contribution in [0.4, 0.5) is 0 Å². The molecule has 1 aliphatic heterocycles. The van der Waals surface area contributed by atoms with E-state index in [0.717, 1.165) is 0 Å². The molecule has 1 saturated carbocycles. The number of hydrogen-bond acceptors (Lipinski definition) is 6. The molecule has 6 nitrogen and oxygen atoms in total. The molecular weight excluding hydrogens is 328 g/mol. The van der Waals surface area contributed by atoms with Crippen LogP contribution in [0.2, 0.25) is 0 Å². The second-order valence-electron chi connectivity index (χ2n) is 5.91. The Kier molecular flexibility index (Phi) is 3.10. The predicted octanol–water partition coefficient (Wildman–Crippen LogP) is 1.58. The first-order valence-electron chi connectivity index (χ1n) is 7.37. The summed E-state index contributed by atoms with van der Waals surface area (Å²) in [4.78, 5) is 0.170. The third-order valence-corrected chi connectivity index (χ3v) is 6.79. The largest absolute Gasteiger partial charge is 0.454 e. The van der Waals surface area contributed by atoms with Crippen molar-refractivity contribution in [3.8, 4) is 17.6 Å². The fourth-order valence-corrected chi connectivity index (χ4v) is 5.46. The Balaban J connectivity index is 1.76. The third kappa shape index (κ3) is 2.00. The molecular formula is C17H14N2O4S. The average molecular weight is 342 g/mol. The Bertz CT molecular complexity index is 952. The monoisotopic (exact) mass is 342 g/mol. The van der Waals surface area contributed by atoms with Crippen LogP contribution in [0.25, 0.3) is 0 Å². The molecule has 0 bridgehead atoms. The molecule has 0 amide bonds. The van der Waals surface area contributed by atoms with Gasteiger partial charge in [0, 0.05) is 5.92 Å². The summed E-state index contributed by atoms with van der Waals surface area (Å²) in [6, 6.07) is 15.2. The van der Waals surface area contributed by atoms with E-state index in [1.54, 1.807) is 36.4 Å². The van der Waals surface area contributed by atoms with Crippen LogP contribution < -0.4 is 15.2 Å². The molecule has 4 rings (SSSR count). The predicted molar refractivity (Wildman–Crippen MR) is 85.3 cm³/mol. The molecule has 2 aromatic carbocycles. The van der Waals surface area contributed by atoms with E-state index in [-0.39, 0.29) is 11.7 Å². The lowest BCUT2D eigenvalue weighted by Gasteiger charge is -2.04. The topological polar surface area (TPSA) is 102 Å². The van der Waals surface area contributed by atoms with E-state index in [0.29, 0.717) is 17.1 Å². The zero-order valence-corrected chi connectivity index (χ0v) is 13.4. The van der Waals surface area contributed by atoms with Crippen molar-refractivity contribution in [3.63, 3.8) is 0 Å². The fraction of sp³-hybridized carbons (Fsp3) is 0.235. The van der Waals surface area contributed by atoms with Gasteiger partial charge < -0.3 is 15.2 Å². The minimum atomic E-state index is -3.72. The van der Waals surface area contributed by atoms with Crippen LogP contribution in [0.1, 0.15) is 11.5 Å². The number of nitriles is 1. The standard InChI is InChI=1S/C17H14N2O4S/c18-9-17(19)15(11-6-7-13-14(8-11)23-10-22-13)16(17)24(20,21)12-4-2-1-3-5-12/h1-8,15-16H,10,19H2/t15-,16+,17+/m1/s1. The highest BCUT2D eigenvalue weighted by Crippen LogP contribution is 2.56. The molecule has 122 valence electrons. The molecule has 0 aromatic heterocycles. The maximum Gasteiger partial charge on any atom is 0.231 e. The van der Waals surface area contributed by atoms with Gasteiger partial charge in [0.05, 0.1) is 11.0 Å². The maximum atomic E-state index is 12.9. The van der Waals surface area contributed by atoms with Crippen LogP contribution in [0.15, 0.2) is 53.4 Å². The molecule has 3 atom stereocenters. The lowest BCUT2D eigenvalue weighted by molar-refractivity contribution is 0.174. The maximum absolute atomic E-state index is 12.9. The molecule has 1 fully saturated rings. The van der Waals surface area contributed by atoms with E-state index >= 15 is 0 Å². The Morgan fingerprint density at radius 1 is 1.12 bits per heavy atom. The summed E-state index contributed by atoms with van der Waals surface area (Å²) in [7, 11) is -3.72. The number of nitrogens with two attached hydrogens (primary N) is 1. The lowest BCUT2D eigenvalue weighted by Crippen LogP contribution is -2.29. The van der Waals surface area contributed by atoms with Gasteiger partial charge in [0.1, 0.15) is 10.8 Å². The number of rotatable bonds is 3. The van der Waals surface area contributed by atoms with Gasteiger partial charge in [0.25, 0.3) is 0 Å². The molecule has 7 heteroatoms. The molecule has 2 aliphatic rings. The summed E-state index contributed by atoms with van der Waals surface area (Å²) in [6.07, 6.45) is 0. The molecule has 0 unspecified atom stereocenters. The second-order valence-corrected chi connectivity index (χ2v) is 7.98. The molecule has 0 radical (unpaired) electrons. The number of hydrogen-bond donors (Lipinski definition) is 1. The van der Waals surface area contributed by atoms with Gasteiger partial charge in [-0.2, -0.15) is 5.26 Å². The molecule has 24 heavy (non-hydrogen) atoms. The number of sulfone groups is 1. The Hall–Kier alpha value is -2.56. The Morgan fingerprint density at radius 2 is 1.83 bits per heavy atom. The minimum absolute atomic E-state index is 0.126. The molecule has 0 spiro atoms. The molecule has 1 heterocycles. The highest BCUT2D eigenvalue weighted by atomic mass is 32.2. The molecule has 2 aromatic rings. The number of nitrogens with zero attached hydrogens (tertiary/aromatic N) is 1. The van der Waals surface area contributed by atoms with Crippen LogP contribution in [0, 0.1) is 11.3 Å². The van der Waals surface area contributed by atoms with E-state index < -0.39 is 26.5 Å². The van der Waals surface area contributed by atoms with Crippen LogP contribution in [0.3, 0.4) is 0 Å². The first-order chi connectivity index (χ1) is 11.5. The van der Waals surface area contributed by atoms with Crippen molar-refractivity contribution >= 4 is 9.84 Å². The summed E-state index contributed by atoms with van der Waals surface area (Å²) >= 11 is 0. The van der Waals surface area contributed by atoms with Crippen LogP contribution in [0.5, 0.6) is 11.5 Å². The number of benzene rings is 2. The van der Waals surface area contributed by atoms with Crippen molar-refractivity contribution in [1.82, 2.24) is 0 Å². The zero-order chi connectivity index (χ0) is 16.9. The summed E-state index contributed by atoms with van der Waals surface area (Å²) in [6.45, 7) is 0.126. The van der Waals surface area contributed by atoms with Crippen molar-refractivity contribution in [2.24, 2.45) is 5.73 Å². The van der Waals surface area contributed by atoms with Gasteiger partial charge in [-0.25, -0.2) is 8.42 Å². The summed E-state index contributed by atoms with van der Waals surface area (Å²) in [5.74, 6) is 0.527. The normalized spacial score (nSPS) is 27.5. The summed E-state index contributed by atoms with van der Waals surface area (Å²) in [5, 5.41) is 8.49. The number of ether oxygens (including phenoxy) is 2. The highest BCUT2D eigenvalue weighted by Gasteiger charge is 2.70. The van der Waals surface area contributed by atoms with E-state index in [2.05, 4.69) is 0 Å². The van der Waals surface area contributed by atoms with Gasteiger partial charge in [-0.05, 0) is 29.8 Å². The van der Waals surface area contributed by atoms with Crippen molar-refractivity contribution in [2.75, 3.05) is 6.79 Å². The molecule has 1 aliphatic carbocycles. The number of fused-ring (bicyclic) bond motifs is 1. The van der Waals surface area contributed by atoms with Crippen LogP contribution in [-0.4, -0.2) is 26.0 Å².